The lowest BCUT2D eigenvalue weighted by atomic mass is 9.82. The second-order valence-corrected chi connectivity index (χ2v) is 9.91. The molecule has 0 spiro atoms. The minimum absolute atomic E-state index is 0.670. The smallest absolute Gasteiger partial charge is 0.170 e. The van der Waals surface area contributed by atoms with Gasteiger partial charge in [0, 0.05) is 24.5 Å². The molecule has 2 aromatic carbocycles. The van der Waals surface area contributed by atoms with Crippen LogP contribution in [0.15, 0.2) is 36.4 Å². The summed E-state index contributed by atoms with van der Waals surface area (Å²) in [5, 5.41) is 15.1. The largest absolute Gasteiger partial charge is 0.362 e. The van der Waals surface area contributed by atoms with Gasteiger partial charge in [-0.05, 0) is 112 Å². The Balaban J connectivity index is 1.35. The van der Waals surface area contributed by atoms with Crippen molar-refractivity contribution < 1.29 is 0 Å². The Hall–Kier alpha value is -2.18. The summed E-state index contributed by atoms with van der Waals surface area (Å²) in [6.07, 6.45) is 4.90. The average molecular weight is 469 g/mol. The van der Waals surface area contributed by atoms with Gasteiger partial charge in [-0.25, -0.2) is 0 Å². The Morgan fingerprint density at radius 3 is 1.28 bits per heavy atom. The lowest BCUT2D eigenvalue weighted by Gasteiger charge is -2.29. The van der Waals surface area contributed by atoms with Crippen LogP contribution in [0.1, 0.15) is 47.9 Å². The monoisotopic (exact) mass is 468 g/mol. The van der Waals surface area contributed by atoms with Crippen LogP contribution in [0.2, 0.25) is 0 Å². The van der Waals surface area contributed by atoms with Crippen molar-refractivity contribution in [2.75, 3.05) is 23.7 Å². The molecule has 2 aromatic rings. The fourth-order valence-electron chi connectivity index (χ4n) is 4.45. The van der Waals surface area contributed by atoms with Crippen LogP contribution < -0.4 is 21.3 Å². The molecule has 0 heterocycles. The van der Waals surface area contributed by atoms with E-state index in [0.717, 1.165) is 24.5 Å². The number of benzene rings is 2. The van der Waals surface area contributed by atoms with Crippen LogP contribution in [0.25, 0.3) is 0 Å². The van der Waals surface area contributed by atoms with E-state index in [0.29, 0.717) is 22.1 Å². The van der Waals surface area contributed by atoms with Gasteiger partial charge in [0.15, 0.2) is 10.2 Å². The Morgan fingerprint density at radius 2 is 0.969 bits per heavy atom. The number of rotatable bonds is 6. The molecule has 1 fully saturated rings. The van der Waals surface area contributed by atoms with Crippen molar-refractivity contribution in [2.45, 2.75) is 53.4 Å². The van der Waals surface area contributed by atoms with E-state index in [4.69, 9.17) is 24.4 Å². The molecule has 0 aromatic heterocycles. The highest BCUT2D eigenvalue weighted by Gasteiger charge is 2.21. The van der Waals surface area contributed by atoms with Gasteiger partial charge in [0.2, 0.25) is 0 Å². The number of nitrogens with one attached hydrogen (secondary N) is 4. The minimum atomic E-state index is 0.670. The first-order valence-corrected chi connectivity index (χ1v) is 12.4. The van der Waals surface area contributed by atoms with Crippen LogP contribution >= 0.6 is 24.4 Å². The van der Waals surface area contributed by atoms with Crippen LogP contribution in [-0.4, -0.2) is 23.3 Å². The first-order chi connectivity index (χ1) is 15.3. The molecule has 0 amide bonds. The molecule has 0 saturated heterocycles. The van der Waals surface area contributed by atoms with E-state index in [1.165, 1.54) is 47.9 Å². The van der Waals surface area contributed by atoms with Gasteiger partial charge < -0.3 is 21.3 Å². The van der Waals surface area contributed by atoms with Crippen LogP contribution in [0.4, 0.5) is 11.4 Å². The number of hydrogen-bond donors (Lipinski definition) is 4. The fraction of sp³-hybridized carbons (Fsp3) is 0.462. The normalized spacial score (nSPS) is 18.0. The Kier molecular flexibility index (Phi) is 8.88. The Labute approximate surface area is 204 Å². The highest BCUT2D eigenvalue weighted by Crippen LogP contribution is 2.28. The third-order valence-electron chi connectivity index (χ3n) is 6.51. The molecule has 0 atom stereocenters. The van der Waals surface area contributed by atoms with E-state index >= 15 is 0 Å². The maximum absolute atomic E-state index is 5.54. The topological polar surface area (TPSA) is 48.1 Å². The maximum atomic E-state index is 5.54. The molecule has 0 bridgehead atoms. The first kappa shape index (κ1) is 24.5. The lowest BCUT2D eigenvalue weighted by Crippen LogP contribution is -2.37. The molecule has 1 saturated carbocycles. The quantitative estimate of drug-likeness (QED) is 0.390. The van der Waals surface area contributed by atoms with E-state index in [1.807, 2.05) is 0 Å². The SMILES string of the molecule is Cc1cccc(C)c1NC(=S)NCC1CCC(CNC(=S)Nc2c(C)cccc2C)CC1. The standard InChI is InChI=1S/C26H36N4S2/c1-17-7-5-8-18(2)23(17)29-25(31)27-15-21-11-13-22(14-12-21)16-28-26(32)30-24-19(3)9-6-10-20(24)4/h5-10,21-22H,11-16H2,1-4H3,(H2,27,29,31)(H2,28,30,32). The molecule has 3 rings (SSSR count). The molecule has 0 radical (unpaired) electrons. The van der Waals surface area contributed by atoms with Crippen LogP contribution in [0.3, 0.4) is 0 Å². The van der Waals surface area contributed by atoms with E-state index in [2.05, 4.69) is 85.4 Å². The molecule has 32 heavy (non-hydrogen) atoms. The second kappa shape index (κ2) is 11.6. The zero-order valence-corrected chi connectivity index (χ0v) is 21.3. The zero-order chi connectivity index (χ0) is 23.1. The van der Waals surface area contributed by atoms with Crippen molar-refractivity contribution in [2.24, 2.45) is 11.8 Å². The number of anilines is 2. The summed E-state index contributed by atoms with van der Waals surface area (Å²) in [6.45, 7) is 10.3. The van der Waals surface area contributed by atoms with Crippen molar-refractivity contribution >= 4 is 46.0 Å². The molecule has 0 aliphatic heterocycles. The van der Waals surface area contributed by atoms with E-state index in [-0.39, 0.29) is 0 Å². The van der Waals surface area contributed by atoms with Crippen LogP contribution in [0, 0.1) is 39.5 Å². The number of thiocarbonyl (C=S) groups is 2. The lowest BCUT2D eigenvalue weighted by molar-refractivity contribution is 0.275. The predicted octanol–water partition coefficient (Wildman–Crippen LogP) is 6.00. The first-order valence-electron chi connectivity index (χ1n) is 11.6. The van der Waals surface area contributed by atoms with Gasteiger partial charge in [0.1, 0.15) is 0 Å². The molecule has 4 N–H and O–H groups in total. The highest BCUT2D eigenvalue weighted by atomic mass is 32.1. The number of para-hydroxylation sites is 2. The molecule has 6 heteroatoms. The van der Waals surface area contributed by atoms with Gasteiger partial charge in [-0.3, -0.25) is 0 Å². The van der Waals surface area contributed by atoms with Crippen molar-refractivity contribution in [3.05, 3.63) is 58.7 Å². The van der Waals surface area contributed by atoms with E-state index < -0.39 is 0 Å². The molecular formula is C26H36N4S2. The van der Waals surface area contributed by atoms with Gasteiger partial charge in [0.25, 0.3) is 0 Å². The minimum Gasteiger partial charge on any atom is -0.362 e. The zero-order valence-electron chi connectivity index (χ0n) is 19.7. The summed E-state index contributed by atoms with van der Waals surface area (Å²) in [5.74, 6) is 1.34. The molecule has 0 unspecified atom stereocenters. The maximum Gasteiger partial charge on any atom is 0.170 e. The molecule has 1 aliphatic rings. The molecule has 172 valence electrons. The highest BCUT2D eigenvalue weighted by molar-refractivity contribution is 7.80. The van der Waals surface area contributed by atoms with Crippen LogP contribution in [0.5, 0.6) is 0 Å². The van der Waals surface area contributed by atoms with Crippen molar-refractivity contribution in [3.8, 4) is 0 Å². The summed E-state index contributed by atoms with van der Waals surface area (Å²) in [7, 11) is 0. The molecular weight excluding hydrogens is 432 g/mol. The van der Waals surface area contributed by atoms with E-state index in [9.17, 15) is 0 Å². The molecule has 4 nitrogen and oxygen atoms in total. The van der Waals surface area contributed by atoms with Crippen LogP contribution in [-0.2, 0) is 0 Å². The Bertz CT molecular complexity index is 831. The van der Waals surface area contributed by atoms with Gasteiger partial charge in [-0.2, -0.15) is 0 Å². The van der Waals surface area contributed by atoms with Crippen molar-refractivity contribution in [1.29, 1.82) is 0 Å². The summed E-state index contributed by atoms with van der Waals surface area (Å²) in [6, 6.07) is 12.6. The second-order valence-electron chi connectivity index (χ2n) is 9.09. The molecule has 1 aliphatic carbocycles. The van der Waals surface area contributed by atoms with Gasteiger partial charge in [0.05, 0.1) is 0 Å². The average Bonchev–Trinajstić information content (AvgIpc) is 2.77. The third-order valence-corrected chi connectivity index (χ3v) is 7.00. The van der Waals surface area contributed by atoms with E-state index in [1.54, 1.807) is 0 Å². The Morgan fingerprint density at radius 1 is 0.656 bits per heavy atom. The fourth-order valence-corrected chi connectivity index (χ4v) is 4.82. The summed E-state index contributed by atoms with van der Waals surface area (Å²) in [4.78, 5) is 0. The number of hydrogen-bond acceptors (Lipinski definition) is 2. The third kappa shape index (κ3) is 6.91. The van der Waals surface area contributed by atoms with Crippen molar-refractivity contribution in [3.63, 3.8) is 0 Å². The summed E-state index contributed by atoms with van der Waals surface area (Å²) < 4.78 is 0. The summed E-state index contributed by atoms with van der Waals surface area (Å²) in [5.41, 5.74) is 7.09. The number of aryl methyl sites for hydroxylation is 4. The van der Waals surface area contributed by atoms with Gasteiger partial charge in [-0.15, -0.1) is 0 Å². The van der Waals surface area contributed by atoms with Gasteiger partial charge >= 0.3 is 0 Å². The van der Waals surface area contributed by atoms with Crippen molar-refractivity contribution in [1.82, 2.24) is 10.6 Å². The predicted molar refractivity (Wildman–Crippen MR) is 146 cm³/mol. The van der Waals surface area contributed by atoms with Gasteiger partial charge in [-0.1, -0.05) is 36.4 Å². The summed E-state index contributed by atoms with van der Waals surface area (Å²) >= 11 is 11.1.